The van der Waals surface area contributed by atoms with E-state index >= 15 is 0 Å². The molecule has 21 heavy (non-hydrogen) atoms. The molecular weight excluding hydrogens is 264 g/mol. The summed E-state index contributed by atoms with van der Waals surface area (Å²) in [6, 6.07) is 3.86. The topological polar surface area (TPSA) is 71.2 Å². The number of aromatic nitrogens is 1. The number of nitrogens with zero attached hydrogens (tertiary/aromatic N) is 2. The molecule has 0 spiro atoms. The summed E-state index contributed by atoms with van der Waals surface area (Å²) in [5.74, 6) is 0.884. The van der Waals surface area contributed by atoms with Gasteiger partial charge < -0.3 is 16.0 Å². The zero-order valence-electron chi connectivity index (χ0n) is 13.4. The quantitative estimate of drug-likeness (QED) is 0.893. The maximum atomic E-state index is 12.4. The Morgan fingerprint density at radius 2 is 1.86 bits per heavy atom. The number of anilines is 2. The molecule has 5 heteroatoms. The summed E-state index contributed by atoms with van der Waals surface area (Å²) in [6.45, 7) is 9.56. The average molecular weight is 290 g/mol. The molecule has 0 aliphatic carbocycles. The minimum Gasteiger partial charge on any atom is -0.357 e. The Labute approximate surface area is 126 Å². The van der Waals surface area contributed by atoms with Crippen molar-refractivity contribution in [1.82, 2.24) is 4.98 Å². The van der Waals surface area contributed by atoms with Gasteiger partial charge in [-0.15, -0.1) is 0 Å². The first-order chi connectivity index (χ1) is 9.72. The highest BCUT2D eigenvalue weighted by Gasteiger charge is 2.40. The fourth-order valence-corrected chi connectivity index (χ4v) is 2.17. The Hall–Kier alpha value is -1.62. The lowest BCUT2D eigenvalue weighted by atomic mass is 9.74. The fraction of sp³-hybridized carbons (Fsp3) is 0.625. The third-order valence-electron chi connectivity index (χ3n) is 4.61. The van der Waals surface area contributed by atoms with Crippen LogP contribution in [0.1, 0.15) is 40.5 Å². The van der Waals surface area contributed by atoms with E-state index in [0.29, 0.717) is 5.69 Å². The largest absolute Gasteiger partial charge is 0.357 e. The second-order valence-corrected chi connectivity index (χ2v) is 6.90. The van der Waals surface area contributed by atoms with E-state index in [9.17, 15) is 4.79 Å². The van der Waals surface area contributed by atoms with Crippen molar-refractivity contribution in [2.45, 2.75) is 46.1 Å². The SMILES string of the molecule is CC(C)(N)C(C)(C)C(=O)Nc1ccc(N2CCCC2)nc1. The van der Waals surface area contributed by atoms with Gasteiger partial charge in [-0.25, -0.2) is 4.98 Å². The van der Waals surface area contributed by atoms with Crippen LogP contribution in [-0.2, 0) is 4.79 Å². The van der Waals surface area contributed by atoms with Gasteiger partial charge in [-0.1, -0.05) is 0 Å². The lowest BCUT2D eigenvalue weighted by molar-refractivity contribution is -0.126. The minimum atomic E-state index is -0.666. The monoisotopic (exact) mass is 290 g/mol. The van der Waals surface area contributed by atoms with Crippen molar-refractivity contribution in [3.8, 4) is 0 Å². The Balaban J connectivity index is 2.05. The number of rotatable bonds is 4. The highest BCUT2D eigenvalue weighted by Crippen LogP contribution is 2.30. The van der Waals surface area contributed by atoms with Gasteiger partial charge in [-0.3, -0.25) is 4.79 Å². The van der Waals surface area contributed by atoms with Crippen LogP contribution in [0.25, 0.3) is 0 Å². The molecule has 5 nitrogen and oxygen atoms in total. The van der Waals surface area contributed by atoms with Crippen LogP contribution in [0.4, 0.5) is 11.5 Å². The van der Waals surface area contributed by atoms with E-state index in [1.54, 1.807) is 6.20 Å². The van der Waals surface area contributed by atoms with Gasteiger partial charge in [-0.05, 0) is 52.7 Å². The molecule has 0 unspecified atom stereocenters. The van der Waals surface area contributed by atoms with Crippen LogP contribution in [0.3, 0.4) is 0 Å². The number of nitrogens with two attached hydrogens (primary N) is 1. The number of carbonyl (C=O) groups is 1. The van der Waals surface area contributed by atoms with Gasteiger partial charge in [-0.2, -0.15) is 0 Å². The number of pyridine rings is 1. The van der Waals surface area contributed by atoms with Crippen LogP contribution < -0.4 is 16.0 Å². The van der Waals surface area contributed by atoms with Crippen LogP contribution in [0, 0.1) is 5.41 Å². The first-order valence-electron chi connectivity index (χ1n) is 7.53. The molecular formula is C16H26N4O. The van der Waals surface area contributed by atoms with Crippen molar-refractivity contribution < 1.29 is 4.79 Å². The van der Waals surface area contributed by atoms with Gasteiger partial charge in [0.1, 0.15) is 5.82 Å². The van der Waals surface area contributed by atoms with Gasteiger partial charge in [0.2, 0.25) is 5.91 Å². The van der Waals surface area contributed by atoms with E-state index in [1.807, 2.05) is 39.8 Å². The molecule has 1 aliphatic heterocycles. The van der Waals surface area contributed by atoms with E-state index < -0.39 is 11.0 Å². The van der Waals surface area contributed by atoms with Crippen molar-refractivity contribution in [3.05, 3.63) is 18.3 Å². The molecule has 1 amide bonds. The number of amides is 1. The first-order valence-corrected chi connectivity index (χ1v) is 7.53. The third-order valence-corrected chi connectivity index (χ3v) is 4.61. The van der Waals surface area contributed by atoms with E-state index in [0.717, 1.165) is 18.9 Å². The molecule has 0 aromatic carbocycles. The van der Waals surface area contributed by atoms with Crippen molar-refractivity contribution in [3.63, 3.8) is 0 Å². The predicted molar refractivity (Wildman–Crippen MR) is 86.4 cm³/mol. The number of hydrogen-bond donors (Lipinski definition) is 2. The highest BCUT2D eigenvalue weighted by molar-refractivity contribution is 5.95. The first kappa shape index (κ1) is 15.8. The molecule has 1 fully saturated rings. The third kappa shape index (κ3) is 3.35. The molecule has 0 bridgehead atoms. The predicted octanol–water partition coefficient (Wildman–Crippen LogP) is 2.38. The van der Waals surface area contributed by atoms with Crippen LogP contribution in [0.5, 0.6) is 0 Å². The van der Waals surface area contributed by atoms with Crippen LogP contribution in [0.2, 0.25) is 0 Å². The standard InChI is InChI=1S/C16H26N4O/c1-15(2,16(3,4)17)14(21)19-12-7-8-13(18-11-12)20-9-5-6-10-20/h7-8,11H,5-6,9-10,17H2,1-4H3,(H,19,21). The Morgan fingerprint density at radius 3 is 2.33 bits per heavy atom. The molecule has 0 radical (unpaired) electrons. The lowest BCUT2D eigenvalue weighted by Gasteiger charge is -2.36. The van der Waals surface area contributed by atoms with Crippen LogP contribution in [0.15, 0.2) is 18.3 Å². The zero-order valence-corrected chi connectivity index (χ0v) is 13.4. The van der Waals surface area contributed by atoms with Crippen LogP contribution in [-0.4, -0.2) is 29.5 Å². The van der Waals surface area contributed by atoms with Crippen molar-refractivity contribution in [1.29, 1.82) is 0 Å². The fourth-order valence-electron chi connectivity index (χ4n) is 2.17. The van der Waals surface area contributed by atoms with Crippen LogP contribution >= 0.6 is 0 Å². The van der Waals surface area contributed by atoms with Gasteiger partial charge in [0.05, 0.1) is 17.3 Å². The van der Waals surface area contributed by atoms with E-state index in [-0.39, 0.29) is 5.91 Å². The van der Waals surface area contributed by atoms with Crippen molar-refractivity contribution >= 4 is 17.4 Å². The summed E-state index contributed by atoms with van der Waals surface area (Å²) >= 11 is 0. The molecule has 2 heterocycles. The van der Waals surface area contributed by atoms with E-state index in [2.05, 4.69) is 15.2 Å². The summed E-state index contributed by atoms with van der Waals surface area (Å²) in [5, 5.41) is 2.91. The summed E-state index contributed by atoms with van der Waals surface area (Å²) in [7, 11) is 0. The average Bonchev–Trinajstić information content (AvgIpc) is 2.92. The molecule has 0 saturated carbocycles. The van der Waals surface area contributed by atoms with Gasteiger partial charge >= 0.3 is 0 Å². The zero-order chi connectivity index (χ0) is 15.7. The van der Waals surface area contributed by atoms with Gasteiger partial charge in [0.15, 0.2) is 0 Å². The highest BCUT2D eigenvalue weighted by atomic mass is 16.2. The molecule has 2 rings (SSSR count). The maximum absolute atomic E-state index is 12.4. The van der Waals surface area contributed by atoms with Crippen molar-refractivity contribution in [2.75, 3.05) is 23.3 Å². The molecule has 1 aromatic rings. The lowest BCUT2D eigenvalue weighted by Crippen LogP contribution is -2.53. The molecule has 3 N–H and O–H groups in total. The molecule has 116 valence electrons. The molecule has 1 aromatic heterocycles. The molecule has 1 saturated heterocycles. The summed E-state index contributed by atoms with van der Waals surface area (Å²) in [4.78, 5) is 19.1. The summed E-state index contributed by atoms with van der Waals surface area (Å²) < 4.78 is 0. The Kier molecular flexibility index (Phi) is 4.23. The van der Waals surface area contributed by atoms with Gasteiger partial charge in [0, 0.05) is 18.6 Å². The van der Waals surface area contributed by atoms with E-state index in [1.165, 1.54) is 12.8 Å². The van der Waals surface area contributed by atoms with Gasteiger partial charge in [0.25, 0.3) is 0 Å². The summed E-state index contributed by atoms with van der Waals surface area (Å²) in [6.07, 6.45) is 4.16. The Bertz CT molecular complexity index is 496. The molecule has 1 aliphatic rings. The number of hydrogen-bond acceptors (Lipinski definition) is 4. The van der Waals surface area contributed by atoms with E-state index in [4.69, 9.17) is 5.73 Å². The summed E-state index contributed by atoms with van der Waals surface area (Å²) in [5.41, 5.74) is 5.54. The second-order valence-electron chi connectivity index (χ2n) is 6.90. The van der Waals surface area contributed by atoms with Crippen molar-refractivity contribution in [2.24, 2.45) is 11.1 Å². The second kappa shape index (κ2) is 5.64. The normalized spacial score (nSPS) is 16.1. The maximum Gasteiger partial charge on any atom is 0.231 e. The number of nitrogens with one attached hydrogen (secondary N) is 1. The Morgan fingerprint density at radius 1 is 1.24 bits per heavy atom. The molecule has 0 atom stereocenters. The number of carbonyl (C=O) groups excluding carboxylic acids is 1. The minimum absolute atomic E-state index is 0.0919. The smallest absolute Gasteiger partial charge is 0.231 e.